The van der Waals surface area contributed by atoms with Crippen LogP contribution in [0.5, 0.6) is 0 Å². The maximum Gasteiger partial charge on any atom is 0.173 e. The van der Waals surface area contributed by atoms with Gasteiger partial charge in [0.1, 0.15) is 26.6 Å². The molecule has 0 bridgehead atoms. The topological polar surface area (TPSA) is 57.2 Å². The molecule has 0 saturated heterocycles. The van der Waals surface area contributed by atoms with Gasteiger partial charge in [0.15, 0.2) is 14.7 Å². The zero-order valence-electron chi connectivity index (χ0n) is 23.7. The second kappa shape index (κ2) is 13.6. The van der Waals surface area contributed by atoms with Crippen LogP contribution in [0.1, 0.15) is 76.0 Å². The van der Waals surface area contributed by atoms with Crippen molar-refractivity contribution in [1.29, 1.82) is 0 Å². The van der Waals surface area contributed by atoms with E-state index < -0.39 is 26.6 Å². The largest absolute Gasteiger partial charge is 0.744 e. The van der Waals surface area contributed by atoms with E-state index >= 15 is 0 Å². The fourth-order valence-corrected chi connectivity index (χ4v) is 7.61. The fraction of sp³-hybridized carbons (Fsp3) is 0.273. The number of halogens is 2. The Hall–Kier alpha value is -3.00. The lowest BCUT2D eigenvalue weighted by Crippen LogP contribution is -2.14. The highest BCUT2D eigenvalue weighted by Crippen LogP contribution is 2.42. The third-order valence-electron chi connectivity index (χ3n) is 6.41. The Morgan fingerprint density at radius 2 is 1.02 bits per heavy atom. The summed E-state index contributed by atoms with van der Waals surface area (Å²) >= 11 is 0. The lowest BCUT2D eigenvalue weighted by Gasteiger charge is -2.22. The molecule has 0 amide bonds. The zero-order chi connectivity index (χ0) is 29.6. The van der Waals surface area contributed by atoms with Gasteiger partial charge in [-0.15, -0.1) is 0 Å². The molecule has 4 aromatic rings. The highest BCUT2D eigenvalue weighted by Gasteiger charge is 2.35. The summed E-state index contributed by atoms with van der Waals surface area (Å²) in [6.07, 6.45) is 0. The predicted molar refractivity (Wildman–Crippen MR) is 158 cm³/mol. The van der Waals surface area contributed by atoms with E-state index in [4.69, 9.17) is 0 Å². The van der Waals surface area contributed by atoms with Gasteiger partial charge in [-0.3, -0.25) is 0 Å². The summed E-state index contributed by atoms with van der Waals surface area (Å²) < 4.78 is 55.8. The normalized spacial score (nSPS) is 11.7. The zero-order valence-corrected chi connectivity index (χ0v) is 25.3. The van der Waals surface area contributed by atoms with Gasteiger partial charge in [-0.1, -0.05) is 96.1 Å². The molecule has 3 nitrogen and oxygen atoms in total. The van der Waals surface area contributed by atoms with Crippen LogP contribution in [0.3, 0.4) is 0 Å². The minimum Gasteiger partial charge on any atom is -0.744 e. The van der Waals surface area contributed by atoms with Gasteiger partial charge in [0.2, 0.25) is 0 Å². The van der Waals surface area contributed by atoms with E-state index in [-0.39, 0.29) is 10.9 Å². The van der Waals surface area contributed by atoms with E-state index in [2.05, 4.69) is 114 Å². The highest BCUT2D eigenvalue weighted by molar-refractivity contribution is 7.97. The van der Waals surface area contributed by atoms with Crippen LogP contribution in [0.25, 0.3) is 0 Å². The highest BCUT2D eigenvalue weighted by atomic mass is 32.2. The minimum absolute atomic E-state index is 0.100. The maximum absolute atomic E-state index is 12.5. The SMILES string of the molecule is CC(C)c1cc(C(C)C)c([S+](c2ccccc2)c2ccccc2)c(C(C)C)c1.O=S(=O)([O-])c1c(F)cccc1F. The number of benzene rings is 4. The average molecular weight is 583 g/mol. The maximum atomic E-state index is 12.5. The van der Waals surface area contributed by atoms with Crippen LogP contribution in [-0.2, 0) is 21.0 Å². The molecule has 0 atom stereocenters. The first-order valence-electron chi connectivity index (χ1n) is 13.2. The van der Waals surface area contributed by atoms with Crippen LogP contribution in [0.2, 0.25) is 0 Å². The summed E-state index contributed by atoms with van der Waals surface area (Å²) in [5.74, 6) is -1.21. The van der Waals surface area contributed by atoms with Crippen LogP contribution in [-0.4, -0.2) is 13.0 Å². The molecule has 0 aliphatic heterocycles. The second-order valence-corrected chi connectivity index (χ2v) is 13.7. The van der Waals surface area contributed by atoms with Crippen molar-refractivity contribution >= 4 is 21.0 Å². The lowest BCUT2D eigenvalue weighted by atomic mass is 9.89. The smallest absolute Gasteiger partial charge is 0.173 e. The van der Waals surface area contributed by atoms with Crippen molar-refractivity contribution in [1.82, 2.24) is 0 Å². The molecule has 0 unspecified atom stereocenters. The number of hydrogen-bond acceptors (Lipinski definition) is 3. The molecule has 0 aliphatic carbocycles. The van der Waals surface area contributed by atoms with Gasteiger partial charge in [0.05, 0.1) is 10.9 Å². The van der Waals surface area contributed by atoms with Crippen LogP contribution in [0.15, 0.2) is 111 Å². The van der Waals surface area contributed by atoms with Crippen molar-refractivity contribution in [2.45, 2.75) is 78.9 Å². The number of rotatable bonds is 7. The molecule has 0 fully saturated rings. The van der Waals surface area contributed by atoms with Crippen molar-refractivity contribution in [3.8, 4) is 0 Å². The Morgan fingerprint density at radius 1 is 0.625 bits per heavy atom. The Labute approximate surface area is 240 Å². The van der Waals surface area contributed by atoms with E-state index in [1.165, 1.54) is 31.4 Å². The van der Waals surface area contributed by atoms with Gasteiger partial charge in [-0.05, 0) is 59.7 Å². The molecule has 0 saturated carbocycles. The molecular weight excluding hydrogens is 546 g/mol. The first-order chi connectivity index (χ1) is 18.8. The van der Waals surface area contributed by atoms with E-state index in [1.54, 1.807) is 0 Å². The summed E-state index contributed by atoms with van der Waals surface area (Å²) in [5.41, 5.74) is 4.47. The predicted octanol–water partition coefficient (Wildman–Crippen LogP) is 9.02. The Bertz CT molecular complexity index is 1430. The molecule has 0 N–H and O–H groups in total. The summed E-state index contributed by atoms with van der Waals surface area (Å²) in [6.45, 7) is 14.0. The molecule has 0 heterocycles. The Balaban J connectivity index is 0.000000307. The van der Waals surface area contributed by atoms with Gasteiger partial charge >= 0.3 is 0 Å². The molecular formula is C33H36F2O3S2. The van der Waals surface area contributed by atoms with Gasteiger partial charge in [0.25, 0.3) is 0 Å². The van der Waals surface area contributed by atoms with E-state index in [1.807, 2.05) is 0 Å². The first kappa shape index (κ1) is 31.5. The van der Waals surface area contributed by atoms with Gasteiger partial charge < -0.3 is 4.55 Å². The first-order valence-corrected chi connectivity index (χ1v) is 15.9. The summed E-state index contributed by atoms with van der Waals surface area (Å²) in [4.78, 5) is 2.90. The monoisotopic (exact) mass is 582 g/mol. The van der Waals surface area contributed by atoms with Gasteiger partial charge in [0, 0.05) is 11.1 Å². The molecule has 4 rings (SSSR count). The van der Waals surface area contributed by atoms with E-state index in [0.717, 1.165) is 6.07 Å². The van der Waals surface area contributed by atoms with Crippen molar-refractivity contribution in [2.75, 3.05) is 0 Å². The van der Waals surface area contributed by atoms with Crippen molar-refractivity contribution in [3.05, 3.63) is 119 Å². The molecule has 4 aromatic carbocycles. The second-order valence-electron chi connectivity index (χ2n) is 10.4. The van der Waals surface area contributed by atoms with Crippen LogP contribution in [0, 0.1) is 11.6 Å². The van der Waals surface area contributed by atoms with Gasteiger partial charge in [-0.25, -0.2) is 17.2 Å². The van der Waals surface area contributed by atoms with Crippen LogP contribution >= 0.6 is 0 Å². The molecule has 40 heavy (non-hydrogen) atoms. The summed E-state index contributed by atoms with van der Waals surface area (Å²) in [7, 11) is -5.16. The third kappa shape index (κ3) is 7.59. The minimum atomic E-state index is -5.06. The fourth-order valence-electron chi connectivity index (χ4n) is 4.33. The van der Waals surface area contributed by atoms with Crippen LogP contribution in [0.4, 0.5) is 8.78 Å². The van der Waals surface area contributed by atoms with Crippen molar-refractivity contribution in [2.24, 2.45) is 0 Å². The molecule has 0 radical (unpaired) electrons. The van der Waals surface area contributed by atoms with Crippen molar-refractivity contribution < 1.29 is 21.8 Å². The Morgan fingerprint density at radius 3 is 1.32 bits per heavy atom. The lowest BCUT2D eigenvalue weighted by molar-refractivity contribution is 0.441. The number of hydrogen-bond donors (Lipinski definition) is 0. The van der Waals surface area contributed by atoms with Crippen LogP contribution < -0.4 is 0 Å². The average Bonchev–Trinajstić information content (AvgIpc) is 2.89. The third-order valence-corrected chi connectivity index (χ3v) is 9.67. The Kier molecular flexibility index (Phi) is 10.7. The van der Waals surface area contributed by atoms with E-state index in [0.29, 0.717) is 29.9 Å². The van der Waals surface area contributed by atoms with E-state index in [9.17, 15) is 21.8 Å². The summed E-state index contributed by atoms with van der Waals surface area (Å²) in [6, 6.07) is 29.4. The molecule has 0 aliphatic rings. The molecule has 7 heteroatoms. The quantitative estimate of drug-likeness (QED) is 0.161. The molecule has 0 aromatic heterocycles. The standard InChI is InChI=1S/C27H33S.C6H4F2O3S/c1-19(2)22-17-25(20(3)4)27(26(18-22)21(5)6)28(23-13-9-7-10-14-23)24-15-11-8-12-16-24;7-4-2-1-3-5(8)6(4)12(9,10)11/h7-21H,1-6H3;1-3H,(H,9,10,11)/q+1;/p-1. The molecule has 0 spiro atoms. The summed E-state index contributed by atoms with van der Waals surface area (Å²) in [5, 5.41) is 0. The molecule has 212 valence electrons. The van der Waals surface area contributed by atoms with Crippen molar-refractivity contribution in [3.63, 3.8) is 0 Å². The van der Waals surface area contributed by atoms with Gasteiger partial charge in [-0.2, -0.15) is 0 Å².